The van der Waals surface area contributed by atoms with Gasteiger partial charge in [0.05, 0.1) is 0 Å². The van der Waals surface area contributed by atoms with Gasteiger partial charge in [0.25, 0.3) is 5.91 Å². The molecule has 1 aliphatic rings. The van der Waals surface area contributed by atoms with E-state index >= 15 is 0 Å². The fourth-order valence-corrected chi connectivity index (χ4v) is 3.30. The van der Waals surface area contributed by atoms with Crippen LogP contribution in [0.1, 0.15) is 41.6 Å². The minimum atomic E-state index is -0.104. The number of nitrogens with one attached hydrogen (secondary N) is 2. The van der Waals surface area contributed by atoms with Gasteiger partial charge in [-0.1, -0.05) is 12.1 Å². The van der Waals surface area contributed by atoms with E-state index in [2.05, 4.69) is 15.3 Å². The monoisotopic (exact) mass is 335 g/mol. The molecule has 0 saturated heterocycles. The van der Waals surface area contributed by atoms with E-state index in [1.54, 1.807) is 6.20 Å². The summed E-state index contributed by atoms with van der Waals surface area (Å²) in [6, 6.07) is 11.5. The average Bonchev–Trinajstić information content (AvgIpc) is 3.31. The number of rotatable bonds is 5. The highest BCUT2D eigenvalue weighted by molar-refractivity contribution is 5.97. The first-order valence-electron chi connectivity index (χ1n) is 8.75. The summed E-state index contributed by atoms with van der Waals surface area (Å²) < 4.78 is 6.02. The Bertz CT molecular complexity index is 881. The molecular weight excluding hydrogens is 314 g/mol. The predicted octanol–water partition coefficient (Wildman–Crippen LogP) is 3.81. The molecule has 0 spiro atoms. The molecule has 0 atom stereocenters. The van der Waals surface area contributed by atoms with Crippen molar-refractivity contribution in [2.24, 2.45) is 0 Å². The Morgan fingerprint density at radius 1 is 1.24 bits per heavy atom. The normalized spacial score (nSPS) is 14.7. The third kappa shape index (κ3) is 3.50. The van der Waals surface area contributed by atoms with Gasteiger partial charge in [0.1, 0.15) is 6.10 Å². The van der Waals surface area contributed by atoms with Crippen LogP contribution in [0.5, 0.6) is 5.88 Å². The Hall–Kier alpha value is -2.82. The van der Waals surface area contributed by atoms with E-state index in [-0.39, 0.29) is 12.0 Å². The largest absolute Gasteiger partial charge is 0.474 e. The van der Waals surface area contributed by atoms with Gasteiger partial charge in [0.15, 0.2) is 0 Å². The van der Waals surface area contributed by atoms with Crippen LogP contribution in [0.2, 0.25) is 0 Å². The zero-order valence-corrected chi connectivity index (χ0v) is 14.0. The molecule has 0 unspecified atom stereocenters. The number of aromatic amines is 1. The Morgan fingerprint density at radius 2 is 2.12 bits per heavy atom. The van der Waals surface area contributed by atoms with Crippen molar-refractivity contribution in [2.75, 3.05) is 0 Å². The second-order valence-corrected chi connectivity index (χ2v) is 6.45. The smallest absolute Gasteiger partial charge is 0.251 e. The Balaban J connectivity index is 1.44. The number of hydrogen-bond acceptors (Lipinski definition) is 3. The second kappa shape index (κ2) is 6.97. The SMILES string of the molecule is O=C(NCc1cccnc1OC1CCCC1)c1ccc2cc[nH]c2c1. The first-order chi connectivity index (χ1) is 12.3. The molecule has 4 rings (SSSR count). The Labute approximate surface area is 146 Å². The number of nitrogens with zero attached hydrogens (tertiary/aromatic N) is 1. The summed E-state index contributed by atoms with van der Waals surface area (Å²) in [4.78, 5) is 19.9. The van der Waals surface area contributed by atoms with Crippen LogP contribution in [0.25, 0.3) is 10.9 Å². The van der Waals surface area contributed by atoms with Crippen LogP contribution in [0.3, 0.4) is 0 Å². The summed E-state index contributed by atoms with van der Waals surface area (Å²) in [7, 11) is 0. The van der Waals surface area contributed by atoms with E-state index in [0.717, 1.165) is 29.3 Å². The number of benzene rings is 1. The number of amides is 1. The van der Waals surface area contributed by atoms with Gasteiger partial charge in [0.2, 0.25) is 5.88 Å². The van der Waals surface area contributed by atoms with E-state index in [1.807, 2.05) is 42.6 Å². The minimum Gasteiger partial charge on any atom is -0.474 e. The number of aromatic nitrogens is 2. The average molecular weight is 335 g/mol. The zero-order valence-electron chi connectivity index (χ0n) is 14.0. The van der Waals surface area contributed by atoms with Crippen molar-refractivity contribution < 1.29 is 9.53 Å². The maximum atomic E-state index is 12.5. The standard InChI is InChI=1S/C20H21N3O2/c24-19(15-8-7-14-9-11-21-18(14)12-15)23-13-16-4-3-10-22-20(16)25-17-5-1-2-6-17/h3-4,7-12,17,21H,1-2,5-6,13H2,(H,23,24). The fourth-order valence-electron chi connectivity index (χ4n) is 3.30. The number of H-pyrrole nitrogens is 1. The third-order valence-corrected chi connectivity index (χ3v) is 4.69. The van der Waals surface area contributed by atoms with Gasteiger partial charge in [-0.3, -0.25) is 4.79 Å². The van der Waals surface area contributed by atoms with Crippen molar-refractivity contribution in [2.45, 2.75) is 38.3 Å². The molecule has 1 amide bonds. The quantitative estimate of drug-likeness (QED) is 0.745. The van der Waals surface area contributed by atoms with Gasteiger partial charge in [-0.05, 0) is 55.3 Å². The number of carbonyl (C=O) groups excluding carboxylic acids is 1. The molecule has 0 bridgehead atoms. The van der Waals surface area contributed by atoms with Crippen LogP contribution < -0.4 is 10.1 Å². The maximum absolute atomic E-state index is 12.5. The first-order valence-corrected chi connectivity index (χ1v) is 8.75. The van der Waals surface area contributed by atoms with E-state index in [9.17, 15) is 4.79 Å². The number of hydrogen-bond donors (Lipinski definition) is 2. The van der Waals surface area contributed by atoms with Gasteiger partial charge in [-0.2, -0.15) is 0 Å². The molecule has 2 heterocycles. The van der Waals surface area contributed by atoms with Crippen molar-refractivity contribution in [3.8, 4) is 5.88 Å². The molecule has 25 heavy (non-hydrogen) atoms. The van der Waals surface area contributed by atoms with Crippen LogP contribution in [-0.2, 0) is 6.54 Å². The molecule has 1 saturated carbocycles. The lowest BCUT2D eigenvalue weighted by molar-refractivity contribution is 0.0950. The van der Waals surface area contributed by atoms with Gasteiger partial charge in [-0.15, -0.1) is 0 Å². The summed E-state index contributed by atoms with van der Waals surface area (Å²) in [5, 5.41) is 4.06. The Kier molecular flexibility index (Phi) is 4.37. The number of fused-ring (bicyclic) bond motifs is 1. The van der Waals surface area contributed by atoms with E-state index in [1.165, 1.54) is 12.8 Å². The molecule has 3 aromatic rings. The van der Waals surface area contributed by atoms with Crippen LogP contribution in [0, 0.1) is 0 Å². The molecule has 128 valence electrons. The van der Waals surface area contributed by atoms with E-state index in [4.69, 9.17) is 4.74 Å². The summed E-state index contributed by atoms with van der Waals surface area (Å²) >= 11 is 0. The lowest BCUT2D eigenvalue weighted by Gasteiger charge is -2.15. The second-order valence-electron chi connectivity index (χ2n) is 6.45. The van der Waals surface area contributed by atoms with Gasteiger partial charge < -0.3 is 15.0 Å². The molecule has 2 N–H and O–H groups in total. The summed E-state index contributed by atoms with van der Waals surface area (Å²) in [5.41, 5.74) is 2.50. The van der Waals surface area contributed by atoms with E-state index < -0.39 is 0 Å². The Morgan fingerprint density at radius 3 is 3.00 bits per heavy atom. The van der Waals surface area contributed by atoms with Crippen molar-refractivity contribution >= 4 is 16.8 Å². The van der Waals surface area contributed by atoms with Gasteiger partial charge >= 0.3 is 0 Å². The van der Waals surface area contributed by atoms with Crippen molar-refractivity contribution in [1.29, 1.82) is 0 Å². The van der Waals surface area contributed by atoms with Crippen molar-refractivity contribution in [3.05, 3.63) is 59.9 Å². The molecule has 1 fully saturated rings. The van der Waals surface area contributed by atoms with Crippen LogP contribution in [0.4, 0.5) is 0 Å². The summed E-state index contributed by atoms with van der Waals surface area (Å²) in [6.45, 7) is 0.400. The van der Waals surface area contributed by atoms with Gasteiger partial charge in [-0.25, -0.2) is 4.98 Å². The molecule has 2 aromatic heterocycles. The first kappa shape index (κ1) is 15.7. The topological polar surface area (TPSA) is 67.0 Å². The van der Waals surface area contributed by atoms with Crippen LogP contribution in [0.15, 0.2) is 48.8 Å². The highest BCUT2D eigenvalue weighted by Crippen LogP contribution is 2.25. The number of pyridine rings is 1. The molecular formula is C20H21N3O2. The van der Waals surface area contributed by atoms with Gasteiger partial charge in [0, 0.05) is 35.6 Å². The lowest BCUT2D eigenvalue weighted by atomic mass is 10.1. The highest BCUT2D eigenvalue weighted by Gasteiger charge is 2.18. The van der Waals surface area contributed by atoms with Crippen LogP contribution >= 0.6 is 0 Å². The molecule has 5 nitrogen and oxygen atoms in total. The number of ether oxygens (including phenoxy) is 1. The highest BCUT2D eigenvalue weighted by atomic mass is 16.5. The molecule has 1 aliphatic carbocycles. The molecule has 1 aromatic carbocycles. The van der Waals surface area contributed by atoms with Crippen LogP contribution in [-0.4, -0.2) is 22.0 Å². The van der Waals surface area contributed by atoms with E-state index in [0.29, 0.717) is 18.0 Å². The predicted molar refractivity (Wildman–Crippen MR) is 96.6 cm³/mol. The van der Waals surface area contributed by atoms with Crippen molar-refractivity contribution in [3.63, 3.8) is 0 Å². The maximum Gasteiger partial charge on any atom is 0.251 e. The third-order valence-electron chi connectivity index (χ3n) is 4.69. The molecule has 0 radical (unpaired) electrons. The fraction of sp³-hybridized carbons (Fsp3) is 0.300. The number of carbonyl (C=O) groups is 1. The van der Waals surface area contributed by atoms with Crippen molar-refractivity contribution in [1.82, 2.24) is 15.3 Å². The lowest BCUT2D eigenvalue weighted by Crippen LogP contribution is -2.23. The minimum absolute atomic E-state index is 0.104. The summed E-state index contributed by atoms with van der Waals surface area (Å²) in [6.07, 6.45) is 8.44. The zero-order chi connectivity index (χ0) is 17.1. The molecule has 0 aliphatic heterocycles. The summed E-state index contributed by atoms with van der Waals surface area (Å²) in [5.74, 6) is 0.529. The molecule has 5 heteroatoms.